The summed E-state index contributed by atoms with van der Waals surface area (Å²) in [5, 5.41) is 2.73. The summed E-state index contributed by atoms with van der Waals surface area (Å²) in [5.74, 6) is 0.228. The van der Waals surface area contributed by atoms with Crippen LogP contribution in [0.3, 0.4) is 0 Å². The zero-order valence-corrected chi connectivity index (χ0v) is 12.0. The first-order valence-electron chi connectivity index (χ1n) is 6.13. The fourth-order valence-corrected chi connectivity index (χ4v) is 2.13. The number of benzene rings is 1. The van der Waals surface area contributed by atoms with Gasteiger partial charge in [-0.2, -0.15) is 0 Å². The fraction of sp³-hybridized carbons (Fsp3) is 0.462. The molecule has 0 aromatic heterocycles. The summed E-state index contributed by atoms with van der Waals surface area (Å²) in [5.41, 5.74) is 6.07. The van der Waals surface area contributed by atoms with E-state index in [1.54, 1.807) is 12.1 Å². The lowest BCUT2D eigenvalue weighted by atomic mass is 10.1. The van der Waals surface area contributed by atoms with Gasteiger partial charge >= 0.3 is 0 Å². The molecule has 0 spiro atoms. The second-order valence-corrected chi connectivity index (χ2v) is 6.74. The smallest absolute Gasteiger partial charge is 0.224 e. The quantitative estimate of drug-likeness (QED) is 0.826. The van der Waals surface area contributed by atoms with E-state index in [4.69, 9.17) is 5.73 Å². The molecule has 1 amide bonds. The Bertz CT molecular complexity index is 523. The third kappa shape index (κ3) is 5.40. The van der Waals surface area contributed by atoms with Gasteiger partial charge in [0.15, 0.2) is 9.84 Å². The van der Waals surface area contributed by atoms with Gasteiger partial charge < -0.3 is 11.1 Å². The van der Waals surface area contributed by atoms with Gasteiger partial charge in [-0.25, -0.2) is 8.42 Å². The Kier molecular flexibility index (Phi) is 5.50. The number of amides is 1. The maximum atomic E-state index is 11.6. The van der Waals surface area contributed by atoms with E-state index in [0.29, 0.717) is 24.6 Å². The van der Waals surface area contributed by atoms with Crippen molar-refractivity contribution >= 4 is 21.4 Å². The molecule has 1 atom stereocenters. The number of carbonyl (C=O) groups excluding carboxylic acids is 1. The van der Waals surface area contributed by atoms with Crippen LogP contribution >= 0.6 is 0 Å². The van der Waals surface area contributed by atoms with Crippen molar-refractivity contribution in [2.24, 2.45) is 11.7 Å². The molecule has 106 valence electrons. The van der Waals surface area contributed by atoms with Crippen molar-refractivity contribution in [1.82, 2.24) is 0 Å². The van der Waals surface area contributed by atoms with E-state index < -0.39 is 9.84 Å². The van der Waals surface area contributed by atoms with Crippen molar-refractivity contribution < 1.29 is 13.2 Å². The van der Waals surface area contributed by atoms with Crippen LogP contribution in [0, 0.1) is 5.92 Å². The highest BCUT2D eigenvalue weighted by Crippen LogP contribution is 2.14. The largest absolute Gasteiger partial charge is 0.330 e. The molecule has 0 aliphatic carbocycles. The highest BCUT2D eigenvalue weighted by atomic mass is 32.2. The number of sulfone groups is 1. The van der Waals surface area contributed by atoms with Gasteiger partial charge in [0, 0.05) is 18.4 Å². The molecule has 0 bridgehead atoms. The number of carbonyl (C=O) groups is 1. The molecule has 0 radical (unpaired) electrons. The topological polar surface area (TPSA) is 89.3 Å². The summed E-state index contributed by atoms with van der Waals surface area (Å²) in [7, 11) is -3.20. The number of nitrogens with two attached hydrogens (primary N) is 1. The van der Waals surface area contributed by atoms with Gasteiger partial charge in [-0.3, -0.25) is 4.79 Å². The number of hydrogen-bond acceptors (Lipinski definition) is 4. The average Bonchev–Trinajstić information content (AvgIpc) is 2.35. The summed E-state index contributed by atoms with van der Waals surface area (Å²) >= 11 is 0. The fourth-order valence-electron chi connectivity index (χ4n) is 1.50. The molecule has 0 saturated heterocycles. The average molecular weight is 284 g/mol. The molecule has 19 heavy (non-hydrogen) atoms. The Balaban J connectivity index is 2.56. The second-order valence-electron chi connectivity index (χ2n) is 4.72. The molecule has 0 aliphatic rings. The van der Waals surface area contributed by atoms with E-state index in [0.717, 1.165) is 12.7 Å². The van der Waals surface area contributed by atoms with Crippen LogP contribution in [0.2, 0.25) is 0 Å². The number of rotatable bonds is 6. The van der Waals surface area contributed by atoms with Crippen LogP contribution in [0.1, 0.15) is 19.8 Å². The van der Waals surface area contributed by atoms with Crippen LogP contribution in [0.25, 0.3) is 0 Å². The summed E-state index contributed by atoms with van der Waals surface area (Å²) in [6.07, 6.45) is 2.30. The van der Waals surface area contributed by atoms with Crippen LogP contribution in [-0.2, 0) is 14.6 Å². The Morgan fingerprint density at radius 2 is 1.89 bits per heavy atom. The van der Waals surface area contributed by atoms with E-state index in [1.165, 1.54) is 12.1 Å². The first-order chi connectivity index (χ1) is 8.82. The monoisotopic (exact) mass is 284 g/mol. The summed E-state index contributed by atoms with van der Waals surface area (Å²) in [6, 6.07) is 6.13. The van der Waals surface area contributed by atoms with E-state index in [9.17, 15) is 13.2 Å². The van der Waals surface area contributed by atoms with E-state index >= 15 is 0 Å². The maximum absolute atomic E-state index is 11.6. The molecule has 1 aromatic carbocycles. The van der Waals surface area contributed by atoms with Crippen LogP contribution in [-0.4, -0.2) is 27.1 Å². The summed E-state index contributed by atoms with van der Waals surface area (Å²) in [4.78, 5) is 11.9. The van der Waals surface area contributed by atoms with Crippen molar-refractivity contribution in [1.29, 1.82) is 0 Å². The zero-order valence-electron chi connectivity index (χ0n) is 11.2. The minimum atomic E-state index is -3.20. The third-order valence-corrected chi connectivity index (χ3v) is 3.96. The molecule has 0 heterocycles. The highest BCUT2D eigenvalue weighted by Gasteiger charge is 2.08. The predicted octanol–water partition coefficient (Wildman–Crippen LogP) is 1.40. The zero-order chi connectivity index (χ0) is 14.5. The van der Waals surface area contributed by atoms with Gasteiger partial charge in [-0.15, -0.1) is 0 Å². The van der Waals surface area contributed by atoms with Crippen molar-refractivity contribution in [2.45, 2.75) is 24.7 Å². The Morgan fingerprint density at radius 1 is 1.32 bits per heavy atom. The van der Waals surface area contributed by atoms with Crippen molar-refractivity contribution in [3.63, 3.8) is 0 Å². The van der Waals surface area contributed by atoms with Crippen LogP contribution in [0.15, 0.2) is 29.2 Å². The molecule has 3 N–H and O–H groups in total. The lowest BCUT2D eigenvalue weighted by Gasteiger charge is -2.09. The highest BCUT2D eigenvalue weighted by molar-refractivity contribution is 7.90. The van der Waals surface area contributed by atoms with Gasteiger partial charge in [0.25, 0.3) is 0 Å². The molecule has 5 nitrogen and oxygen atoms in total. The molecule has 0 fully saturated rings. The summed E-state index contributed by atoms with van der Waals surface area (Å²) in [6.45, 7) is 2.56. The lowest BCUT2D eigenvalue weighted by molar-refractivity contribution is -0.116. The number of hydrogen-bond donors (Lipinski definition) is 2. The van der Waals surface area contributed by atoms with Gasteiger partial charge in [0.1, 0.15) is 0 Å². The first-order valence-corrected chi connectivity index (χ1v) is 8.02. The predicted molar refractivity (Wildman–Crippen MR) is 75.6 cm³/mol. The van der Waals surface area contributed by atoms with Gasteiger partial charge in [0.05, 0.1) is 4.90 Å². The third-order valence-electron chi connectivity index (χ3n) is 2.83. The maximum Gasteiger partial charge on any atom is 0.224 e. The second kappa shape index (κ2) is 6.68. The van der Waals surface area contributed by atoms with Gasteiger partial charge in [0.2, 0.25) is 5.91 Å². The molecule has 0 saturated carbocycles. The molecule has 1 aromatic rings. The van der Waals surface area contributed by atoms with Crippen LogP contribution < -0.4 is 11.1 Å². The van der Waals surface area contributed by atoms with Gasteiger partial charge in [-0.1, -0.05) is 6.92 Å². The van der Waals surface area contributed by atoms with Crippen molar-refractivity contribution in [2.75, 3.05) is 18.1 Å². The minimum Gasteiger partial charge on any atom is -0.330 e. The van der Waals surface area contributed by atoms with E-state index in [1.807, 2.05) is 6.92 Å². The SMILES string of the molecule is CC(CN)CCC(=O)Nc1ccc(S(C)(=O)=O)cc1. The molecule has 1 rings (SSSR count). The van der Waals surface area contributed by atoms with Gasteiger partial charge in [-0.05, 0) is 43.1 Å². The molecule has 6 heteroatoms. The molecule has 1 unspecified atom stereocenters. The van der Waals surface area contributed by atoms with Crippen LogP contribution in [0.5, 0.6) is 0 Å². The Labute approximate surface area is 114 Å². The molecular formula is C13H20N2O3S. The number of anilines is 1. The standard InChI is InChI=1S/C13H20N2O3S/c1-10(9-14)3-8-13(16)15-11-4-6-12(7-5-11)19(2,17)18/h4-7,10H,3,8-9,14H2,1-2H3,(H,15,16). The molecule has 0 aliphatic heterocycles. The Hall–Kier alpha value is -1.40. The minimum absolute atomic E-state index is 0.0904. The Morgan fingerprint density at radius 3 is 2.37 bits per heavy atom. The lowest BCUT2D eigenvalue weighted by Crippen LogP contribution is -2.16. The number of nitrogens with one attached hydrogen (secondary N) is 1. The first kappa shape index (κ1) is 15.7. The molecular weight excluding hydrogens is 264 g/mol. The normalized spacial score (nSPS) is 13.0. The van der Waals surface area contributed by atoms with E-state index in [2.05, 4.69) is 5.32 Å². The summed E-state index contributed by atoms with van der Waals surface area (Å²) < 4.78 is 22.6. The van der Waals surface area contributed by atoms with Crippen LogP contribution in [0.4, 0.5) is 5.69 Å². The van der Waals surface area contributed by atoms with Crippen molar-refractivity contribution in [3.05, 3.63) is 24.3 Å². The van der Waals surface area contributed by atoms with E-state index in [-0.39, 0.29) is 10.8 Å². The van der Waals surface area contributed by atoms with Crippen molar-refractivity contribution in [3.8, 4) is 0 Å².